The summed E-state index contributed by atoms with van der Waals surface area (Å²) in [5, 5.41) is 3.91. The zero-order valence-electron chi connectivity index (χ0n) is 18.5. The van der Waals surface area contributed by atoms with E-state index in [9.17, 15) is 4.79 Å². The van der Waals surface area contributed by atoms with E-state index in [0.29, 0.717) is 35.3 Å². The molecule has 1 aliphatic rings. The quantitative estimate of drug-likeness (QED) is 0.611. The van der Waals surface area contributed by atoms with Crippen molar-refractivity contribution in [2.75, 3.05) is 20.8 Å². The highest BCUT2D eigenvalue weighted by atomic mass is 32.1. The molecule has 164 valence electrons. The number of ketones is 1. The Hall–Kier alpha value is -3.06. The minimum Gasteiger partial charge on any atom is -0.497 e. The second-order valence-corrected chi connectivity index (χ2v) is 7.62. The van der Waals surface area contributed by atoms with Crippen LogP contribution in [0.2, 0.25) is 0 Å². The summed E-state index contributed by atoms with van der Waals surface area (Å²) >= 11 is 5.53. The average molecular weight is 441 g/mol. The monoisotopic (exact) mass is 440 g/mol. The van der Waals surface area contributed by atoms with Gasteiger partial charge in [0.25, 0.3) is 0 Å². The summed E-state index contributed by atoms with van der Waals surface area (Å²) in [5.74, 6) is 2.03. The van der Waals surface area contributed by atoms with Crippen LogP contribution in [0.25, 0.3) is 0 Å². The van der Waals surface area contributed by atoms with E-state index in [1.807, 2.05) is 61.2 Å². The highest BCUT2D eigenvalue weighted by molar-refractivity contribution is 7.80. The number of allylic oxidation sites excluding steroid dienone is 1. The number of nitrogens with one attached hydrogen (secondary N) is 1. The van der Waals surface area contributed by atoms with Gasteiger partial charge in [0.1, 0.15) is 12.4 Å². The molecule has 1 unspecified atom stereocenters. The number of carbonyl (C=O) groups excluding carboxylic acids is 1. The molecule has 0 saturated heterocycles. The maximum atomic E-state index is 12.5. The minimum atomic E-state index is -0.336. The molecule has 31 heavy (non-hydrogen) atoms. The Kier molecular flexibility index (Phi) is 7.17. The van der Waals surface area contributed by atoms with E-state index in [1.165, 1.54) is 0 Å². The summed E-state index contributed by atoms with van der Waals surface area (Å²) < 4.78 is 16.7. The maximum Gasteiger partial charge on any atom is 0.173 e. The van der Waals surface area contributed by atoms with Crippen molar-refractivity contribution in [3.05, 3.63) is 64.9 Å². The van der Waals surface area contributed by atoms with Gasteiger partial charge in [-0.3, -0.25) is 4.79 Å². The highest BCUT2D eigenvalue weighted by Gasteiger charge is 2.32. The van der Waals surface area contributed by atoms with Crippen LogP contribution in [-0.2, 0) is 11.4 Å². The van der Waals surface area contributed by atoms with Gasteiger partial charge >= 0.3 is 0 Å². The maximum absolute atomic E-state index is 12.5. The second-order valence-electron chi connectivity index (χ2n) is 7.23. The van der Waals surface area contributed by atoms with Crippen LogP contribution in [-0.4, -0.2) is 36.6 Å². The smallest absolute Gasteiger partial charge is 0.173 e. The van der Waals surface area contributed by atoms with Crippen LogP contribution in [0.5, 0.6) is 17.2 Å². The van der Waals surface area contributed by atoms with Crippen molar-refractivity contribution in [2.24, 2.45) is 0 Å². The molecule has 0 spiro atoms. The SMILES string of the molecule is CCN1C(=S)NC(c2ccc(OCc3ccc(OC)cc3)c(OC)c2)C(C(C)=O)=C1C. The van der Waals surface area contributed by atoms with Gasteiger partial charge in [0.2, 0.25) is 0 Å². The van der Waals surface area contributed by atoms with Crippen LogP contribution < -0.4 is 19.5 Å². The van der Waals surface area contributed by atoms with Crippen LogP contribution in [0.4, 0.5) is 0 Å². The van der Waals surface area contributed by atoms with Crippen LogP contribution in [0.1, 0.15) is 37.9 Å². The van der Waals surface area contributed by atoms with Gasteiger partial charge in [0.05, 0.1) is 20.3 Å². The molecule has 0 aliphatic carbocycles. The van der Waals surface area contributed by atoms with E-state index in [-0.39, 0.29) is 11.8 Å². The number of rotatable bonds is 8. The van der Waals surface area contributed by atoms with Gasteiger partial charge in [-0.2, -0.15) is 0 Å². The standard InChI is InChI=1S/C24H28N2O4S/c1-6-26-15(2)22(16(3)27)23(25-24(26)31)18-9-12-20(21(13-18)29-5)30-14-17-7-10-19(28-4)11-8-17/h7-13,23H,6,14H2,1-5H3,(H,25,31). The zero-order valence-corrected chi connectivity index (χ0v) is 19.3. The van der Waals surface area contributed by atoms with Crippen molar-refractivity contribution in [1.29, 1.82) is 0 Å². The van der Waals surface area contributed by atoms with Crippen molar-refractivity contribution in [3.8, 4) is 17.2 Å². The first-order valence-electron chi connectivity index (χ1n) is 10.1. The van der Waals surface area contributed by atoms with Crippen molar-refractivity contribution < 1.29 is 19.0 Å². The zero-order chi connectivity index (χ0) is 22.5. The third-order valence-electron chi connectivity index (χ3n) is 5.37. The van der Waals surface area contributed by atoms with E-state index in [4.69, 9.17) is 26.4 Å². The molecule has 0 fully saturated rings. The van der Waals surface area contributed by atoms with Gasteiger partial charge in [-0.1, -0.05) is 18.2 Å². The molecule has 0 bridgehead atoms. The Labute approximate surface area is 188 Å². The largest absolute Gasteiger partial charge is 0.497 e. The lowest BCUT2D eigenvalue weighted by Gasteiger charge is -2.37. The van der Waals surface area contributed by atoms with Gasteiger partial charge in [-0.15, -0.1) is 0 Å². The summed E-state index contributed by atoms with van der Waals surface area (Å²) in [4.78, 5) is 14.4. The summed E-state index contributed by atoms with van der Waals surface area (Å²) in [6, 6.07) is 13.1. The Morgan fingerprint density at radius 3 is 2.39 bits per heavy atom. The molecule has 3 rings (SSSR count). The van der Waals surface area contributed by atoms with Gasteiger partial charge in [0.15, 0.2) is 22.4 Å². The van der Waals surface area contributed by atoms with Gasteiger partial charge in [0, 0.05) is 17.8 Å². The molecule has 1 aliphatic heterocycles. The van der Waals surface area contributed by atoms with Gasteiger partial charge in [-0.25, -0.2) is 0 Å². The Balaban J connectivity index is 1.86. The summed E-state index contributed by atoms with van der Waals surface area (Å²) in [5.41, 5.74) is 3.48. The molecule has 0 aromatic heterocycles. The van der Waals surface area contributed by atoms with E-state index in [0.717, 1.165) is 22.6 Å². The number of hydrogen-bond donors (Lipinski definition) is 1. The molecule has 0 amide bonds. The first-order valence-corrected chi connectivity index (χ1v) is 10.5. The first-order chi connectivity index (χ1) is 14.9. The number of hydrogen-bond acceptors (Lipinski definition) is 5. The van der Waals surface area contributed by atoms with Gasteiger partial charge in [-0.05, 0) is 68.4 Å². The Bertz CT molecular complexity index is 1000. The fourth-order valence-electron chi connectivity index (χ4n) is 3.73. The van der Waals surface area contributed by atoms with Crippen LogP contribution in [0.3, 0.4) is 0 Å². The molecule has 0 radical (unpaired) electrons. The molecule has 2 aromatic rings. The lowest BCUT2D eigenvalue weighted by atomic mass is 9.92. The molecule has 0 saturated carbocycles. The van der Waals surface area contributed by atoms with Crippen LogP contribution in [0.15, 0.2) is 53.7 Å². The molecule has 6 nitrogen and oxygen atoms in total. The number of nitrogens with zero attached hydrogens (tertiary/aromatic N) is 1. The number of Topliss-reactive ketones (excluding diaryl/α,β-unsaturated/α-hetero) is 1. The predicted octanol–water partition coefficient (Wildman–Crippen LogP) is 4.40. The number of methoxy groups -OCH3 is 2. The second kappa shape index (κ2) is 9.83. The highest BCUT2D eigenvalue weighted by Crippen LogP contribution is 2.36. The number of thiocarbonyl (C=S) groups is 1. The molecule has 1 atom stereocenters. The predicted molar refractivity (Wildman–Crippen MR) is 125 cm³/mol. The third kappa shape index (κ3) is 4.82. The van der Waals surface area contributed by atoms with Crippen molar-refractivity contribution in [3.63, 3.8) is 0 Å². The lowest BCUT2D eigenvalue weighted by Crippen LogP contribution is -2.47. The summed E-state index contributed by atoms with van der Waals surface area (Å²) in [6.45, 7) is 6.62. The fourth-order valence-corrected chi connectivity index (χ4v) is 4.12. The Morgan fingerprint density at radius 1 is 1.10 bits per heavy atom. The van der Waals surface area contributed by atoms with Crippen molar-refractivity contribution >= 4 is 23.1 Å². The summed E-state index contributed by atoms with van der Waals surface area (Å²) in [6.07, 6.45) is 0. The topological polar surface area (TPSA) is 60.0 Å². The average Bonchev–Trinajstić information content (AvgIpc) is 2.77. The molecule has 2 aromatic carbocycles. The Morgan fingerprint density at radius 2 is 1.81 bits per heavy atom. The minimum absolute atomic E-state index is 0.00903. The normalized spacial score (nSPS) is 16.1. The number of carbonyl (C=O) groups is 1. The van der Waals surface area contributed by atoms with E-state index < -0.39 is 0 Å². The molecule has 1 N–H and O–H groups in total. The van der Waals surface area contributed by atoms with Crippen molar-refractivity contribution in [1.82, 2.24) is 10.2 Å². The first kappa shape index (κ1) is 22.6. The van der Waals surface area contributed by atoms with E-state index >= 15 is 0 Å². The fraction of sp³-hybridized carbons (Fsp3) is 0.333. The number of ether oxygens (including phenoxy) is 3. The van der Waals surface area contributed by atoms with Crippen LogP contribution in [0, 0.1) is 0 Å². The van der Waals surface area contributed by atoms with E-state index in [1.54, 1.807) is 21.1 Å². The van der Waals surface area contributed by atoms with Gasteiger partial charge < -0.3 is 24.4 Å². The van der Waals surface area contributed by atoms with Crippen molar-refractivity contribution in [2.45, 2.75) is 33.4 Å². The molecular weight excluding hydrogens is 412 g/mol. The summed E-state index contributed by atoms with van der Waals surface area (Å²) in [7, 11) is 3.24. The molecule has 7 heteroatoms. The third-order valence-corrected chi connectivity index (χ3v) is 5.70. The molecular formula is C24H28N2O4S. The van der Waals surface area contributed by atoms with Crippen LogP contribution >= 0.6 is 12.2 Å². The van der Waals surface area contributed by atoms with E-state index in [2.05, 4.69) is 5.32 Å². The molecule has 1 heterocycles. The lowest BCUT2D eigenvalue weighted by molar-refractivity contribution is -0.114. The number of benzene rings is 2.